The van der Waals surface area contributed by atoms with Crippen LogP contribution in [0.4, 0.5) is 5.82 Å². The van der Waals surface area contributed by atoms with E-state index >= 15 is 0 Å². The first-order valence-corrected chi connectivity index (χ1v) is 6.84. The van der Waals surface area contributed by atoms with Crippen molar-refractivity contribution in [3.8, 4) is 0 Å². The summed E-state index contributed by atoms with van der Waals surface area (Å²) in [6.45, 7) is 5.80. The minimum atomic E-state index is -0.123. The number of aliphatic hydroxyl groups excluding tert-OH is 1. The van der Waals surface area contributed by atoms with Gasteiger partial charge < -0.3 is 15.3 Å². The molecule has 0 atom stereocenters. The first-order chi connectivity index (χ1) is 9.22. The van der Waals surface area contributed by atoms with E-state index in [0.717, 1.165) is 19.4 Å². The molecule has 0 unspecified atom stereocenters. The molecular weight excluding hydrogens is 242 g/mol. The number of hydrogen-bond donors (Lipinski definition) is 2. The standard InChI is InChI=1S/C14H23N3O2/c1-3-5-9-17(10-11-18)14(19)12-7-6-8-13(16-12)15-4-2/h6-8,18H,3-5,9-11H2,1-2H3,(H,15,16). The van der Waals surface area contributed by atoms with Crippen LogP contribution in [0.3, 0.4) is 0 Å². The van der Waals surface area contributed by atoms with Gasteiger partial charge in [0.1, 0.15) is 11.5 Å². The number of carbonyl (C=O) groups is 1. The molecule has 19 heavy (non-hydrogen) atoms. The first kappa shape index (κ1) is 15.4. The number of rotatable bonds is 8. The molecule has 0 saturated carbocycles. The highest BCUT2D eigenvalue weighted by Crippen LogP contribution is 2.08. The molecule has 0 aliphatic rings. The lowest BCUT2D eigenvalue weighted by atomic mass is 10.2. The predicted molar refractivity (Wildman–Crippen MR) is 76.3 cm³/mol. The number of anilines is 1. The molecule has 0 saturated heterocycles. The molecular formula is C14H23N3O2. The summed E-state index contributed by atoms with van der Waals surface area (Å²) in [6.07, 6.45) is 1.94. The number of aromatic nitrogens is 1. The highest BCUT2D eigenvalue weighted by Gasteiger charge is 2.16. The molecule has 5 nitrogen and oxygen atoms in total. The van der Waals surface area contributed by atoms with Crippen molar-refractivity contribution in [2.24, 2.45) is 0 Å². The second-order valence-electron chi connectivity index (χ2n) is 4.31. The molecule has 0 spiro atoms. The maximum atomic E-state index is 12.3. The van der Waals surface area contributed by atoms with E-state index in [1.54, 1.807) is 11.0 Å². The van der Waals surface area contributed by atoms with Crippen molar-refractivity contribution in [1.82, 2.24) is 9.88 Å². The maximum Gasteiger partial charge on any atom is 0.272 e. The molecule has 1 aromatic rings. The minimum Gasteiger partial charge on any atom is -0.395 e. The van der Waals surface area contributed by atoms with Gasteiger partial charge in [-0.15, -0.1) is 0 Å². The Bertz CT molecular complexity index is 396. The van der Waals surface area contributed by atoms with Crippen LogP contribution in [0.2, 0.25) is 0 Å². The third kappa shape index (κ3) is 4.87. The number of nitrogens with zero attached hydrogens (tertiary/aromatic N) is 2. The van der Waals surface area contributed by atoms with Crippen LogP contribution in [-0.2, 0) is 0 Å². The van der Waals surface area contributed by atoms with Gasteiger partial charge >= 0.3 is 0 Å². The van der Waals surface area contributed by atoms with E-state index in [-0.39, 0.29) is 12.5 Å². The minimum absolute atomic E-state index is 0.0254. The van der Waals surface area contributed by atoms with Crippen LogP contribution in [0.25, 0.3) is 0 Å². The molecule has 1 aromatic heterocycles. The molecule has 2 N–H and O–H groups in total. The van der Waals surface area contributed by atoms with E-state index in [2.05, 4.69) is 17.2 Å². The van der Waals surface area contributed by atoms with Crippen LogP contribution in [-0.4, -0.2) is 47.1 Å². The summed E-state index contributed by atoms with van der Waals surface area (Å²) < 4.78 is 0. The number of amides is 1. The average Bonchev–Trinajstić information content (AvgIpc) is 2.43. The normalized spacial score (nSPS) is 10.3. The topological polar surface area (TPSA) is 65.5 Å². The summed E-state index contributed by atoms with van der Waals surface area (Å²) in [7, 11) is 0. The Morgan fingerprint density at radius 3 is 2.79 bits per heavy atom. The fourth-order valence-electron chi connectivity index (χ4n) is 1.78. The Morgan fingerprint density at radius 2 is 2.16 bits per heavy atom. The van der Waals surface area contributed by atoms with Crippen molar-refractivity contribution < 1.29 is 9.90 Å². The molecule has 0 aliphatic carbocycles. The number of nitrogens with one attached hydrogen (secondary N) is 1. The molecule has 1 amide bonds. The van der Waals surface area contributed by atoms with Gasteiger partial charge in [0, 0.05) is 19.6 Å². The van der Waals surface area contributed by atoms with Crippen molar-refractivity contribution in [2.75, 3.05) is 31.6 Å². The molecule has 0 bridgehead atoms. The van der Waals surface area contributed by atoms with Gasteiger partial charge in [-0.05, 0) is 25.5 Å². The van der Waals surface area contributed by atoms with Gasteiger partial charge in [0.25, 0.3) is 5.91 Å². The largest absolute Gasteiger partial charge is 0.395 e. The highest BCUT2D eigenvalue weighted by molar-refractivity contribution is 5.92. The van der Waals surface area contributed by atoms with Crippen LogP contribution in [0.15, 0.2) is 18.2 Å². The van der Waals surface area contributed by atoms with E-state index < -0.39 is 0 Å². The second kappa shape index (κ2) is 8.48. The van der Waals surface area contributed by atoms with Crippen LogP contribution in [0.5, 0.6) is 0 Å². The van der Waals surface area contributed by atoms with Crippen LogP contribution < -0.4 is 5.32 Å². The molecule has 1 rings (SSSR count). The maximum absolute atomic E-state index is 12.3. The SMILES string of the molecule is CCCCN(CCO)C(=O)c1cccc(NCC)n1. The van der Waals surface area contributed by atoms with E-state index in [4.69, 9.17) is 5.11 Å². The van der Waals surface area contributed by atoms with Crippen LogP contribution >= 0.6 is 0 Å². The van der Waals surface area contributed by atoms with Gasteiger partial charge in [-0.1, -0.05) is 19.4 Å². The molecule has 0 radical (unpaired) electrons. The Morgan fingerprint density at radius 1 is 1.37 bits per heavy atom. The number of carbonyl (C=O) groups excluding carboxylic acids is 1. The van der Waals surface area contributed by atoms with E-state index in [1.807, 2.05) is 19.1 Å². The lowest BCUT2D eigenvalue weighted by Gasteiger charge is -2.21. The van der Waals surface area contributed by atoms with Gasteiger partial charge in [-0.2, -0.15) is 0 Å². The molecule has 106 valence electrons. The van der Waals surface area contributed by atoms with Crippen molar-refractivity contribution >= 4 is 11.7 Å². The third-order valence-corrected chi connectivity index (χ3v) is 2.76. The number of unbranched alkanes of at least 4 members (excludes halogenated alkanes) is 1. The van der Waals surface area contributed by atoms with Crippen molar-refractivity contribution in [2.45, 2.75) is 26.7 Å². The number of aliphatic hydroxyl groups is 1. The van der Waals surface area contributed by atoms with Gasteiger partial charge in [-0.25, -0.2) is 4.98 Å². The summed E-state index contributed by atoms with van der Waals surface area (Å²) in [4.78, 5) is 18.3. The fraction of sp³-hybridized carbons (Fsp3) is 0.571. The Balaban J connectivity index is 2.79. The van der Waals surface area contributed by atoms with Crippen LogP contribution in [0.1, 0.15) is 37.2 Å². The van der Waals surface area contributed by atoms with Gasteiger partial charge in [-0.3, -0.25) is 4.79 Å². The molecule has 0 aliphatic heterocycles. The molecule has 1 heterocycles. The van der Waals surface area contributed by atoms with Crippen LogP contribution in [0, 0.1) is 0 Å². The molecule has 5 heteroatoms. The molecule has 0 fully saturated rings. The third-order valence-electron chi connectivity index (χ3n) is 2.76. The van der Waals surface area contributed by atoms with Crippen molar-refractivity contribution in [1.29, 1.82) is 0 Å². The zero-order valence-electron chi connectivity index (χ0n) is 11.7. The summed E-state index contributed by atoms with van der Waals surface area (Å²) in [5.41, 5.74) is 0.419. The van der Waals surface area contributed by atoms with Crippen molar-refractivity contribution in [3.05, 3.63) is 23.9 Å². The number of pyridine rings is 1. The number of hydrogen-bond acceptors (Lipinski definition) is 4. The highest BCUT2D eigenvalue weighted by atomic mass is 16.3. The monoisotopic (exact) mass is 265 g/mol. The van der Waals surface area contributed by atoms with Gasteiger partial charge in [0.05, 0.1) is 6.61 Å². The lowest BCUT2D eigenvalue weighted by Crippen LogP contribution is -2.35. The Labute approximate surface area is 114 Å². The average molecular weight is 265 g/mol. The Kier molecular flexibility index (Phi) is 6.89. The van der Waals surface area contributed by atoms with E-state index in [9.17, 15) is 4.79 Å². The van der Waals surface area contributed by atoms with Crippen molar-refractivity contribution in [3.63, 3.8) is 0 Å². The first-order valence-electron chi connectivity index (χ1n) is 6.84. The Hall–Kier alpha value is -1.62. The molecule has 0 aromatic carbocycles. The fourth-order valence-corrected chi connectivity index (χ4v) is 1.78. The summed E-state index contributed by atoms with van der Waals surface area (Å²) >= 11 is 0. The summed E-state index contributed by atoms with van der Waals surface area (Å²) in [5.74, 6) is 0.579. The van der Waals surface area contributed by atoms with E-state index in [1.165, 1.54) is 0 Å². The quantitative estimate of drug-likeness (QED) is 0.751. The van der Waals surface area contributed by atoms with E-state index in [0.29, 0.717) is 24.6 Å². The summed E-state index contributed by atoms with van der Waals surface area (Å²) in [6, 6.07) is 5.36. The second-order valence-corrected chi connectivity index (χ2v) is 4.31. The zero-order valence-corrected chi connectivity index (χ0v) is 11.7. The lowest BCUT2D eigenvalue weighted by molar-refractivity contribution is 0.0713. The summed E-state index contributed by atoms with van der Waals surface area (Å²) in [5, 5.41) is 12.1. The predicted octanol–water partition coefficient (Wildman–Crippen LogP) is 1.75. The van der Waals surface area contributed by atoms with Gasteiger partial charge in [0.2, 0.25) is 0 Å². The van der Waals surface area contributed by atoms with Gasteiger partial charge in [0.15, 0.2) is 0 Å². The zero-order chi connectivity index (χ0) is 14.1. The smallest absolute Gasteiger partial charge is 0.272 e.